The molecule has 2 nitrogen and oxygen atoms in total. The van der Waals surface area contributed by atoms with Crippen LogP contribution in [0.5, 0.6) is 0 Å². The van der Waals surface area contributed by atoms with Gasteiger partial charge in [-0.25, -0.2) is 0 Å². The summed E-state index contributed by atoms with van der Waals surface area (Å²) in [5.74, 6) is 0. The van der Waals surface area contributed by atoms with E-state index in [1.54, 1.807) is 0 Å². The Bertz CT molecular complexity index is 61.5. The van der Waals surface area contributed by atoms with E-state index in [2.05, 4.69) is 6.58 Å². The topological polar surface area (TPSA) is 52.0 Å². The summed E-state index contributed by atoms with van der Waals surface area (Å²) in [4.78, 5) is 0. The predicted molar refractivity (Wildman–Crippen MR) is 36.5 cm³/mol. The van der Waals surface area contributed by atoms with E-state index in [1.807, 2.05) is 6.08 Å². The Labute approximate surface area is 50.6 Å². The molecule has 48 valence electrons. The maximum absolute atomic E-state index is 5.54. The van der Waals surface area contributed by atoms with E-state index >= 15 is 0 Å². The van der Waals surface area contributed by atoms with Crippen LogP contribution in [-0.2, 0) is 0 Å². The molecule has 0 bridgehead atoms. The first kappa shape index (κ1) is 7.66. The second-order valence-corrected chi connectivity index (χ2v) is 1.86. The molecule has 0 saturated carbocycles. The zero-order valence-corrected chi connectivity index (χ0v) is 5.14. The fourth-order valence-corrected chi connectivity index (χ4v) is 0.546. The molecule has 0 radical (unpaired) electrons. The van der Waals surface area contributed by atoms with E-state index < -0.39 is 0 Å². The highest BCUT2D eigenvalue weighted by Crippen LogP contribution is 1.91. The number of hydrogen-bond donors (Lipinski definition) is 2. The quantitative estimate of drug-likeness (QED) is 0.514. The Morgan fingerprint density at radius 3 is 2.62 bits per heavy atom. The van der Waals surface area contributed by atoms with Crippen molar-refractivity contribution >= 4 is 0 Å². The third kappa shape index (κ3) is 3.84. The fourth-order valence-electron chi connectivity index (χ4n) is 0.546. The molecule has 0 aliphatic carbocycles. The largest absolute Gasteiger partial charge is 0.330 e. The predicted octanol–water partition coefficient (Wildman–Crippen LogP) is 0.239. The van der Waals surface area contributed by atoms with Gasteiger partial charge >= 0.3 is 0 Å². The summed E-state index contributed by atoms with van der Waals surface area (Å²) >= 11 is 0. The Kier molecular flexibility index (Phi) is 4.61. The van der Waals surface area contributed by atoms with Crippen molar-refractivity contribution in [3.05, 3.63) is 12.7 Å². The van der Waals surface area contributed by atoms with Gasteiger partial charge in [-0.2, -0.15) is 0 Å². The maximum Gasteiger partial charge on any atom is 0.00853 e. The zero-order chi connectivity index (χ0) is 6.41. The molecule has 2 heteroatoms. The molecule has 1 unspecified atom stereocenters. The van der Waals surface area contributed by atoms with Crippen LogP contribution in [-0.4, -0.2) is 12.6 Å². The van der Waals surface area contributed by atoms with E-state index in [1.165, 1.54) is 0 Å². The molecule has 0 aromatic rings. The highest BCUT2D eigenvalue weighted by atomic mass is 14.6. The first-order valence-electron chi connectivity index (χ1n) is 2.87. The van der Waals surface area contributed by atoms with E-state index in [9.17, 15) is 0 Å². The average molecular weight is 114 g/mol. The molecule has 0 amide bonds. The lowest BCUT2D eigenvalue weighted by molar-refractivity contribution is 0.630. The van der Waals surface area contributed by atoms with Gasteiger partial charge in [0.2, 0.25) is 0 Å². The molecule has 0 aliphatic heterocycles. The summed E-state index contributed by atoms with van der Waals surface area (Å²) < 4.78 is 0. The third-order valence-corrected chi connectivity index (χ3v) is 1.01. The Morgan fingerprint density at radius 2 is 2.25 bits per heavy atom. The van der Waals surface area contributed by atoms with E-state index in [-0.39, 0.29) is 6.04 Å². The van der Waals surface area contributed by atoms with Crippen molar-refractivity contribution in [2.45, 2.75) is 18.9 Å². The van der Waals surface area contributed by atoms with Crippen LogP contribution in [0.15, 0.2) is 12.7 Å². The number of nitrogens with two attached hydrogens (primary N) is 2. The summed E-state index contributed by atoms with van der Waals surface area (Å²) in [5.41, 5.74) is 10.8. The molecule has 1 atom stereocenters. The summed E-state index contributed by atoms with van der Waals surface area (Å²) in [6.45, 7) is 4.24. The minimum absolute atomic E-state index is 0.220. The van der Waals surface area contributed by atoms with Gasteiger partial charge in [-0.15, -0.1) is 6.58 Å². The van der Waals surface area contributed by atoms with Crippen molar-refractivity contribution in [3.63, 3.8) is 0 Å². The molecule has 8 heavy (non-hydrogen) atoms. The molecule has 0 heterocycles. The average Bonchev–Trinajstić information content (AvgIpc) is 1.68. The van der Waals surface area contributed by atoms with Gasteiger partial charge in [0.15, 0.2) is 0 Å². The minimum Gasteiger partial charge on any atom is -0.330 e. The second kappa shape index (κ2) is 4.81. The maximum atomic E-state index is 5.54. The van der Waals surface area contributed by atoms with Crippen molar-refractivity contribution in [2.75, 3.05) is 6.54 Å². The van der Waals surface area contributed by atoms with Gasteiger partial charge in [0, 0.05) is 6.04 Å². The lowest BCUT2D eigenvalue weighted by Crippen LogP contribution is -2.22. The summed E-state index contributed by atoms with van der Waals surface area (Å²) in [7, 11) is 0. The van der Waals surface area contributed by atoms with Crippen LogP contribution in [0.2, 0.25) is 0 Å². The molecule has 0 fully saturated rings. The van der Waals surface area contributed by atoms with Crippen LogP contribution >= 0.6 is 0 Å². The van der Waals surface area contributed by atoms with Gasteiger partial charge in [-0.05, 0) is 19.4 Å². The molecule has 0 aromatic carbocycles. The smallest absolute Gasteiger partial charge is 0.00853 e. The number of rotatable bonds is 4. The van der Waals surface area contributed by atoms with Crippen LogP contribution in [0.3, 0.4) is 0 Å². The van der Waals surface area contributed by atoms with Crippen molar-refractivity contribution in [2.24, 2.45) is 11.5 Å². The van der Waals surface area contributed by atoms with Gasteiger partial charge in [-0.1, -0.05) is 6.08 Å². The molecular formula is C6H14N2. The van der Waals surface area contributed by atoms with Crippen LogP contribution in [0.25, 0.3) is 0 Å². The van der Waals surface area contributed by atoms with Crippen LogP contribution < -0.4 is 11.5 Å². The summed E-state index contributed by atoms with van der Waals surface area (Å²) in [5, 5.41) is 0. The molecule has 0 rings (SSSR count). The van der Waals surface area contributed by atoms with Crippen molar-refractivity contribution in [1.82, 2.24) is 0 Å². The van der Waals surface area contributed by atoms with Crippen molar-refractivity contribution in [3.8, 4) is 0 Å². The van der Waals surface area contributed by atoms with Crippen molar-refractivity contribution < 1.29 is 0 Å². The van der Waals surface area contributed by atoms with Crippen LogP contribution in [0.1, 0.15) is 12.8 Å². The monoisotopic (exact) mass is 114 g/mol. The van der Waals surface area contributed by atoms with Gasteiger partial charge in [0.25, 0.3) is 0 Å². The SMILES string of the molecule is C=CCC(N)CCN. The van der Waals surface area contributed by atoms with Crippen molar-refractivity contribution in [1.29, 1.82) is 0 Å². The lowest BCUT2D eigenvalue weighted by atomic mass is 10.1. The van der Waals surface area contributed by atoms with Gasteiger partial charge in [-0.3, -0.25) is 0 Å². The second-order valence-electron chi connectivity index (χ2n) is 1.86. The molecule has 0 spiro atoms. The first-order chi connectivity index (χ1) is 3.81. The van der Waals surface area contributed by atoms with E-state index in [0.29, 0.717) is 6.54 Å². The van der Waals surface area contributed by atoms with E-state index in [0.717, 1.165) is 12.8 Å². The summed E-state index contributed by atoms with van der Waals surface area (Å²) in [6, 6.07) is 0.220. The highest BCUT2D eigenvalue weighted by Gasteiger charge is 1.94. The summed E-state index contributed by atoms with van der Waals surface area (Å²) in [6.07, 6.45) is 3.59. The first-order valence-corrected chi connectivity index (χ1v) is 2.87. The third-order valence-electron chi connectivity index (χ3n) is 1.01. The molecule has 0 aromatic heterocycles. The highest BCUT2D eigenvalue weighted by molar-refractivity contribution is 4.74. The molecule has 0 aliphatic rings. The Morgan fingerprint density at radius 1 is 1.62 bits per heavy atom. The molecule has 0 saturated heterocycles. The normalized spacial score (nSPS) is 13.2. The molecular weight excluding hydrogens is 100 g/mol. The standard InChI is InChI=1S/C6H14N2/c1-2-3-6(8)4-5-7/h2,6H,1,3-5,7-8H2. The Balaban J connectivity index is 3.03. The Hall–Kier alpha value is -0.340. The lowest BCUT2D eigenvalue weighted by Gasteiger charge is -2.04. The van der Waals surface area contributed by atoms with Gasteiger partial charge in [0.05, 0.1) is 0 Å². The van der Waals surface area contributed by atoms with Crippen LogP contribution in [0, 0.1) is 0 Å². The number of hydrogen-bond acceptors (Lipinski definition) is 2. The van der Waals surface area contributed by atoms with Gasteiger partial charge < -0.3 is 11.5 Å². The van der Waals surface area contributed by atoms with E-state index in [4.69, 9.17) is 11.5 Å². The minimum atomic E-state index is 0.220. The molecule has 4 N–H and O–H groups in total. The zero-order valence-electron chi connectivity index (χ0n) is 5.14. The fraction of sp³-hybridized carbons (Fsp3) is 0.667. The van der Waals surface area contributed by atoms with Crippen LogP contribution in [0.4, 0.5) is 0 Å². The van der Waals surface area contributed by atoms with Gasteiger partial charge in [0.1, 0.15) is 0 Å².